The van der Waals surface area contributed by atoms with Gasteiger partial charge < -0.3 is 10.1 Å². The molecule has 0 saturated heterocycles. The zero-order valence-corrected chi connectivity index (χ0v) is 11.9. The fourth-order valence-electron chi connectivity index (χ4n) is 1.33. The van der Waals surface area contributed by atoms with Crippen LogP contribution in [-0.4, -0.2) is 17.1 Å². The normalized spacial score (nSPS) is 10.3. The number of nitrogens with one attached hydrogen (secondary N) is 1. The molecule has 4 nitrogen and oxygen atoms in total. The molecular formula is C11H12BrN3OS. The molecule has 0 aliphatic rings. The maximum atomic E-state index is 5.11. The van der Waals surface area contributed by atoms with Gasteiger partial charge in [0.15, 0.2) is 0 Å². The lowest BCUT2D eigenvalue weighted by Gasteiger charge is -2.06. The number of aromatic nitrogens is 2. The van der Waals surface area contributed by atoms with Gasteiger partial charge in [-0.15, -0.1) is 11.3 Å². The van der Waals surface area contributed by atoms with Gasteiger partial charge in [0.2, 0.25) is 11.8 Å². The lowest BCUT2D eigenvalue weighted by molar-refractivity contribution is 0.394. The topological polar surface area (TPSA) is 47.0 Å². The molecule has 0 unspecified atom stereocenters. The van der Waals surface area contributed by atoms with Crippen molar-refractivity contribution in [2.75, 3.05) is 12.4 Å². The van der Waals surface area contributed by atoms with Gasteiger partial charge in [-0.3, -0.25) is 0 Å². The first-order chi connectivity index (χ1) is 8.19. The minimum Gasteiger partial charge on any atom is -0.480 e. The summed E-state index contributed by atoms with van der Waals surface area (Å²) in [5.41, 5.74) is 0. The summed E-state index contributed by atoms with van der Waals surface area (Å²) in [7, 11) is 1.58. The van der Waals surface area contributed by atoms with E-state index in [2.05, 4.69) is 50.3 Å². The number of aryl methyl sites for hydroxylation is 1. The lowest BCUT2D eigenvalue weighted by atomic mass is 10.4. The standard InChI is InChI=1S/C11H12BrN3OS/c1-7-3-4-8(17-7)5-13-11-14-6-9(12)10(15-11)16-2/h3-4,6H,5H2,1-2H3,(H,13,14,15). The van der Waals surface area contributed by atoms with Crippen LogP contribution in [-0.2, 0) is 6.54 Å². The third kappa shape index (κ3) is 3.17. The van der Waals surface area contributed by atoms with Gasteiger partial charge in [0.25, 0.3) is 0 Å². The van der Waals surface area contributed by atoms with Crippen LogP contribution >= 0.6 is 27.3 Å². The molecule has 0 radical (unpaired) electrons. The second-order valence-electron chi connectivity index (χ2n) is 3.42. The van der Waals surface area contributed by atoms with E-state index in [-0.39, 0.29) is 0 Å². The molecule has 90 valence electrons. The summed E-state index contributed by atoms with van der Waals surface area (Å²) in [5.74, 6) is 1.10. The summed E-state index contributed by atoms with van der Waals surface area (Å²) in [4.78, 5) is 10.9. The largest absolute Gasteiger partial charge is 0.480 e. The molecule has 0 atom stereocenters. The highest BCUT2D eigenvalue weighted by molar-refractivity contribution is 9.10. The second-order valence-corrected chi connectivity index (χ2v) is 5.64. The average molecular weight is 314 g/mol. The average Bonchev–Trinajstić information content (AvgIpc) is 2.74. The highest BCUT2D eigenvalue weighted by Gasteiger charge is 2.05. The lowest BCUT2D eigenvalue weighted by Crippen LogP contribution is -2.03. The minimum atomic E-state index is 0.532. The van der Waals surface area contributed by atoms with Crippen molar-refractivity contribution >= 4 is 33.2 Å². The van der Waals surface area contributed by atoms with Crippen molar-refractivity contribution in [1.82, 2.24) is 9.97 Å². The number of rotatable bonds is 4. The first kappa shape index (κ1) is 12.3. The van der Waals surface area contributed by atoms with E-state index in [4.69, 9.17) is 4.74 Å². The molecule has 0 fully saturated rings. The highest BCUT2D eigenvalue weighted by atomic mass is 79.9. The monoisotopic (exact) mass is 313 g/mol. The third-order valence-corrected chi connectivity index (χ3v) is 3.67. The molecule has 0 aliphatic heterocycles. The molecule has 0 aromatic carbocycles. The molecule has 1 N–H and O–H groups in total. The van der Waals surface area contributed by atoms with E-state index in [1.54, 1.807) is 24.6 Å². The second kappa shape index (κ2) is 5.46. The predicted octanol–water partition coefficient (Wildman–Crippen LogP) is 3.23. The van der Waals surface area contributed by atoms with Crippen molar-refractivity contribution in [2.45, 2.75) is 13.5 Å². The Morgan fingerprint density at radius 3 is 2.94 bits per heavy atom. The molecule has 2 aromatic heterocycles. The van der Waals surface area contributed by atoms with Crippen LogP contribution in [0.4, 0.5) is 5.95 Å². The number of ether oxygens (including phenoxy) is 1. The van der Waals surface area contributed by atoms with Gasteiger partial charge in [-0.25, -0.2) is 4.98 Å². The van der Waals surface area contributed by atoms with Crippen LogP contribution < -0.4 is 10.1 Å². The van der Waals surface area contributed by atoms with Crippen LogP contribution in [0.5, 0.6) is 5.88 Å². The zero-order chi connectivity index (χ0) is 12.3. The first-order valence-corrected chi connectivity index (χ1v) is 6.65. The fraction of sp³-hybridized carbons (Fsp3) is 0.273. The van der Waals surface area contributed by atoms with E-state index >= 15 is 0 Å². The Morgan fingerprint density at radius 1 is 1.47 bits per heavy atom. The van der Waals surface area contributed by atoms with E-state index in [9.17, 15) is 0 Å². The van der Waals surface area contributed by atoms with Crippen molar-refractivity contribution in [3.8, 4) is 5.88 Å². The Kier molecular flexibility index (Phi) is 3.96. The van der Waals surface area contributed by atoms with Gasteiger partial charge in [0.1, 0.15) is 0 Å². The Hall–Kier alpha value is -1.14. The maximum Gasteiger partial charge on any atom is 0.232 e. The number of thiophene rings is 1. The van der Waals surface area contributed by atoms with Crippen LogP contribution in [0.3, 0.4) is 0 Å². The van der Waals surface area contributed by atoms with E-state index in [1.165, 1.54) is 9.75 Å². The molecule has 0 saturated carbocycles. The molecule has 2 rings (SSSR count). The van der Waals surface area contributed by atoms with Gasteiger partial charge in [-0.2, -0.15) is 4.98 Å². The van der Waals surface area contributed by atoms with Gasteiger partial charge >= 0.3 is 0 Å². The summed E-state index contributed by atoms with van der Waals surface area (Å²) in [6.07, 6.45) is 1.67. The molecule has 0 spiro atoms. The van der Waals surface area contributed by atoms with Crippen molar-refractivity contribution < 1.29 is 4.74 Å². The molecule has 2 aromatic rings. The van der Waals surface area contributed by atoms with Crippen LogP contribution in [0.1, 0.15) is 9.75 Å². The number of nitrogens with zero attached hydrogens (tertiary/aromatic N) is 2. The quantitative estimate of drug-likeness (QED) is 0.941. The van der Waals surface area contributed by atoms with E-state index in [1.807, 2.05) is 0 Å². The van der Waals surface area contributed by atoms with Crippen LogP contribution in [0.2, 0.25) is 0 Å². The van der Waals surface area contributed by atoms with Gasteiger partial charge in [0, 0.05) is 9.75 Å². The van der Waals surface area contributed by atoms with Gasteiger partial charge in [-0.05, 0) is 35.0 Å². The van der Waals surface area contributed by atoms with Crippen molar-refractivity contribution in [2.24, 2.45) is 0 Å². The Labute approximate surface area is 112 Å². The van der Waals surface area contributed by atoms with Crippen molar-refractivity contribution in [1.29, 1.82) is 0 Å². The molecule has 0 bridgehead atoms. The first-order valence-electron chi connectivity index (χ1n) is 5.05. The van der Waals surface area contributed by atoms with Crippen LogP contribution in [0.25, 0.3) is 0 Å². The number of hydrogen-bond donors (Lipinski definition) is 1. The summed E-state index contributed by atoms with van der Waals surface area (Å²) in [6.45, 7) is 2.82. The number of methoxy groups -OCH3 is 1. The summed E-state index contributed by atoms with van der Waals surface area (Å²) >= 11 is 5.08. The summed E-state index contributed by atoms with van der Waals surface area (Å²) < 4.78 is 5.85. The molecule has 0 amide bonds. The van der Waals surface area contributed by atoms with E-state index < -0.39 is 0 Å². The third-order valence-electron chi connectivity index (χ3n) is 2.12. The van der Waals surface area contributed by atoms with Gasteiger partial charge in [0.05, 0.1) is 24.3 Å². The van der Waals surface area contributed by atoms with Crippen LogP contribution in [0, 0.1) is 6.92 Å². The highest BCUT2D eigenvalue weighted by Crippen LogP contribution is 2.22. The predicted molar refractivity (Wildman–Crippen MR) is 72.7 cm³/mol. The van der Waals surface area contributed by atoms with Crippen LogP contribution in [0.15, 0.2) is 22.8 Å². The Balaban J connectivity index is 2.04. The Bertz CT molecular complexity index is 515. The number of halogens is 1. The summed E-state index contributed by atoms with van der Waals surface area (Å²) in [5, 5.41) is 3.16. The number of hydrogen-bond acceptors (Lipinski definition) is 5. The zero-order valence-electron chi connectivity index (χ0n) is 9.53. The SMILES string of the molecule is COc1nc(NCc2ccc(C)s2)ncc1Br. The van der Waals surface area contributed by atoms with Crippen molar-refractivity contribution in [3.63, 3.8) is 0 Å². The molecule has 17 heavy (non-hydrogen) atoms. The summed E-state index contributed by atoms with van der Waals surface area (Å²) in [6, 6.07) is 4.20. The Morgan fingerprint density at radius 2 is 2.29 bits per heavy atom. The smallest absolute Gasteiger partial charge is 0.232 e. The van der Waals surface area contributed by atoms with E-state index in [0.29, 0.717) is 11.8 Å². The molecule has 2 heterocycles. The maximum absolute atomic E-state index is 5.11. The number of anilines is 1. The van der Waals surface area contributed by atoms with Crippen molar-refractivity contribution in [3.05, 3.63) is 32.6 Å². The molecule has 0 aliphatic carbocycles. The fourth-order valence-corrected chi connectivity index (χ4v) is 2.51. The minimum absolute atomic E-state index is 0.532. The molecule has 6 heteroatoms. The van der Waals surface area contributed by atoms with Gasteiger partial charge in [-0.1, -0.05) is 0 Å². The van der Waals surface area contributed by atoms with E-state index in [0.717, 1.165) is 11.0 Å². The molecular weight excluding hydrogens is 302 g/mol.